The highest BCUT2D eigenvalue weighted by Crippen LogP contribution is 2.25. The molecule has 7 nitrogen and oxygen atoms in total. The maximum Gasteiger partial charge on any atom is 0.241 e. The molecule has 0 atom stereocenters. The van der Waals surface area contributed by atoms with Gasteiger partial charge in [-0.25, -0.2) is 0 Å². The van der Waals surface area contributed by atoms with Crippen molar-refractivity contribution in [1.29, 1.82) is 0 Å². The van der Waals surface area contributed by atoms with E-state index in [1.807, 2.05) is 45.0 Å². The van der Waals surface area contributed by atoms with Crippen LogP contribution in [-0.2, 0) is 11.3 Å². The van der Waals surface area contributed by atoms with Gasteiger partial charge >= 0.3 is 0 Å². The highest BCUT2D eigenvalue weighted by Gasteiger charge is 2.13. The van der Waals surface area contributed by atoms with Gasteiger partial charge in [0, 0.05) is 13.1 Å². The second-order valence-electron chi connectivity index (χ2n) is 5.35. The number of carbonyl (C=O) groups excluding carboxylic acids is 1. The predicted molar refractivity (Wildman–Crippen MR) is 89.1 cm³/mol. The number of aryl methyl sites for hydroxylation is 2. The van der Waals surface area contributed by atoms with Crippen molar-refractivity contribution in [3.8, 4) is 0 Å². The Morgan fingerprint density at radius 2 is 1.91 bits per heavy atom. The zero-order valence-corrected chi connectivity index (χ0v) is 13.7. The molecule has 0 aliphatic rings. The molecular formula is C16H22N6O. The Morgan fingerprint density at radius 3 is 2.57 bits per heavy atom. The monoisotopic (exact) mass is 314 g/mol. The van der Waals surface area contributed by atoms with E-state index in [0.29, 0.717) is 18.8 Å². The number of azo groups is 1. The van der Waals surface area contributed by atoms with Gasteiger partial charge < -0.3 is 11.1 Å². The van der Waals surface area contributed by atoms with Crippen molar-refractivity contribution in [3.63, 3.8) is 0 Å². The molecule has 3 N–H and O–H groups in total. The fourth-order valence-electron chi connectivity index (χ4n) is 2.11. The van der Waals surface area contributed by atoms with Crippen LogP contribution in [0.1, 0.15) is 17.0 Å². The molecule has 0 aliphatic heterocycles. The molecule has 2 rings (SSSR count). The summed E-state index contributed by atoms with van der Waals surface area (Å²) in [6.07, 6.45) is 0. The molecule has 0 bridgehead atoms. The zero-order chi connectivity index (χ0) is 16.8. The lowest BCUT2D eigenvalue weighted by molar-refractivity contribution is -0.121. The minimum Gasteiger partial charge on any atom is -0.353 e. The van der Waals surface area contributed by atoms with Crippen LogP contribution >= 0.6 is 0 Å². The first kappa shape index (κ1) is 16.8. The lowest BCUT2D eigenvalue weighted by Gasteiger charge is -2.05. The van der Waals surface area contributed by atoms with E-state index in [4.69, 9.17) is 5.73 Å². The van der Waals surface area contributed by atoms with Crippen LogP contribution in [0.5, 0.6) is 0 Å². The predicted octanol–water partition coefficient (Wildman–Crippen LogP) is 2.30. The Hall–Kier alpha value is -2.54. The molecule has 0 spiro atoms. The van der Waals surface area contributed by atoms with E-state index < -0.39 is 0 Å². The number of benzene rings is 1. The molecule has 1 heterocycles. The molecule has 1 amide bonds. The Labute approximate surface area is 135 Å². The number of carbonyl (C=O) groups is 1. The lowest BCUT2D eigenvalue weighted by atomic mass is 10.2. The van der Waals surface area contributed by atoms with Gasteiger partial charge in [0.15, 0.2) is 0 Å². The minimum absolute atomic E-state index is 0.122. The van der Waals surface area contributed by atoms with Crippen LogP contribution in [0.25, 0.3) is 0 Å². The fraction of sp³-hybridized carbons (Fsp3) is 0.375. The van der Waals surface area contributed by atoms with Gasteiger partial charge in [-0.3, -0.25) is 9.48 Å². The third kappa shape index (κ3) is 4.46. The summed E-state index contributed by atoms with van der Waals surface area (Å²) in [5.74, 6) is -0.122. The largest absolute Gasteiger partial charge is 0.353 e. The summed E-state index contributed by atoms with van der Waals surface area (Å²) in [4.78, 5) is 11.8. The van der Waals surface area contributed by atoms with Gasteiger partial charge in [-0.05, 0) is 32.9 Å². The van der Waals surface area contributed by atoms with E-state index in [9.17, 15) is 4.79 Å². The van der Waals surface area contributed by atoms with Crippen molar-refractivity contribution >= 4 is 17.3 Å². The average Bonchev–Trinajstić information content (AvgIpc) is 2.79. The minimum atomic E-state index is -0.122. The van der Waals surface area contributed by atoms with Crippen LogP contribution < -0.4 is 11.1 Å². The van der Waals surface area contributed by atoms with Crippen molar-refractivity contribution in [1.82, 2.24) is 15.1 Å². The second-order valence-corrected chi connectivity index (χ2v) is 5.35. The van der Waals surface area contributed by atoms with Crippen molar-refractivity contribution in [2.45, 2.75) is 27.3 Å². The first-order valence-corrected chi connectivity index (χ1v) is 7.50. The van der Waals surface area contributed by atoms with Crippen LogP contribution in [0.15, 0.2) is 34.5 Å². The molecule has 0 saturated heterocycles. The molecule has 0 saturated carbocycles. The van der Waals surface area contributed by atoms with E-state index in [0.717, 1.165) is 17.1 Å². The van der Waals surface area contributed by atoms with E-state index in [1.165, 1.54) is 5.56 Å². The summed E-state index contributed by atoms with van der Waals surface area (Å²) < 4.78 is 1.63. The zero-order valence-electron chi connectivity index (χ0n) is 13.7. The van der Waals surface area contributed by atoms with Crippen LogP contribution in [-0.4, -0.2) is 28.8 Å². The van der Waals surface area contributed by atoms with Crippen molar-refractivity contribution in [2.75, 3.05) is 13.1 Å². The molecule has 0 radical (unpaired) electrons. The number of nitrogens with one attached hydrogen (secondary N) is 1. The van der Waals surface area contributed by atoms with Crippen LogP contribution in [0.3, 0.4) is 0 Å². The highest BCUT2D eigenvalue weighted by atomic mass is 16.2. The summed E-state index contributed by atoms with van der Waals surface area (Å²) in [6, 6.07) is 7.79. The summed E-state index contributed by atoms with van der Waals surface area (Å²) in [5, 5.41) is 15.6. The maximum absolute atomic E-state index is 11.8. The molecule has 122 valence electrons. The molecule has 1 aromatic carbocycles. The van der Waals surface area contributed by atoms with E-state index in [1.54, 1.807) is 4.68 Å². The molecular weight excluding hydrogens is 292 g/mol. The molecule has 0 fully saturated rings. The standard InChI is InChI=1S/C16H22N6O/c1-11-4-6-14(7-5-11)19-20-16-12(2)21-22(13(16)3)10-15(23)18-9-8-17/h4-7H,8-10,17H2,1-3H3,(H,18,23)/b20-19+. The molecule has 0 unspecified atom stereocenters. The van der Waals surface area contributed by atoms with Gasteiger partial charge in [-0.15, -0.1) is 5.11 Å². The highest BCUT2D eigenvalue weighted by molar-refractivity contribution is 5.75. The Kier molecular flexibility index (Phi) is 5.59. The third-order valence-corrected chi connectivity index (χ3v) is 3.40. The Morgan fingerprint density at radius 1 is 1.22 bits per heavy atom. The lowest BCUT2D eigenvalue weighted by Crippen LogP contribution is -2.32. The topological polar surface area (TPSA) is 97.7 Å². The van der Waals surface area contributed by atoms with Crippen molar-refractivity contribution in [3.05, 3.63) is 41.2 Å². The third-order valence-electron chi connectivity index (χ3n) is 3.40. The average molecular weight is 314 g/mol. The number of aromatic nitrogens is 2. The number of amides is 1. The van der Waals surface area contributed by atoms with E-state index in [2.05, 4.69) is 20.6 Å². The van der Waals surface area contributed by atoms with Crippen LogP contribution in [0, 0.1) is 20.8 Å². The SMILES string of the molecule is Cc1ccc(/N=N/c2c(C)nn(CC(=O)NCCN)c2C)cc1. The number of rotatable bonds is 6. The molecule has 23 heavy (non-hydrogen) atoms. The Bertz CT molecular complexity index is 702. The maximum atomic E-state index is 11.8. The Balaban J connectivity index is 2.14. The summed E-state index contributed by atoms with van der Waals surface area (Å²) in [7, 11) is 0. The molecule has 0 aliphatic carbocycles. The van der Waals surface area contributed by atoms with Gasteiger partial charge in [0.2, 0.25) is 5.91 Å². The first-order chi connectivity index (χ1) is 11.0. The van der Waals surface area contributed by atoms with Gasteiger partial charge in [0.25, 0.3) is 0 Å². The number of nitrogens with two attached hydrogens (primary N) is 1. The molecule has 2 aromatic rings. The van der Waals surface area contributed by atoms with Crippen LogP contribution in [0.2, 0.25) is 0 Å². The summed E-state index contributed by atoms with van der Waals surface area (Å²) >= 11 is 0. The second kappa shape index (κ2) is 7.64. The normalized spacial score (nSPS) is 11.1. The van der Waals surface area contributed by atoms with Crippen molar-refractivity contribution in [2.24, 2.45) is 16.0 Å². The first-order valence-electron chi connectivity index (χ1n) is 7.50. The number of hydrogen-bond donors (Lipinski definition) is 2. The van der Waals surface area contributed by atoms with Gasteiger partial charge in [-0.1, -0.05) is 17.7 Å². The number of nitrogens with zero attached hydrogens (tertiary/aromatic N) is 4. The van der Waals surface area contributed by atoms with Crippen LogP contribution in [0.4, 0.5) is 11.4 Å². The quantitative estimate of drug-likeness (QED) is 0.800. The van der Waals surface area contributed by atoms with E-state index in [-0.39, 0.29) is 12.5 Å². The summed E-state index contributed by atoms with van der Waals surface area (Å²) in [6.45, 7) is 6.77. The van der Waals surface area contributed by atoms with Gasteiger partial charge in [-0.2, -0.15) is 10.2 Å². The number of hydrogen-bond acceptors (Lipinski definition) is 5. The molecule has 7 heteroatoms. The molecule has 1 aromatic heterocycles. The van der Waals surface area contributed by atoms with Crippen molar-refractivity contribution < 1.29 is 4.79 Å². The smallest absolute Gasteiger partial charge is 0.241 e. The summed E-state index contributed by atoms with van der Waals surface area (Å²) in [5.41, 5.74) is 9.56. The van der Waals surface area contributed by atoms with Gasteiger partial charge in [0.05, 0.1) is 17.1 Å². The van der Waals surface area contributed by atoms with Gasteiger partial charge in [0.1, 0.15) is 12.2 Å². The van der Waals surface area contributed by atoms with E-state index >= 15 is 0 Å². The fourth-order valence-corrected chi connectivity index (χ4v) is 2.11.